The second kappa shape index (κ2) is 10.7. The maximum absolute atomic E-state index is 14.4. The molecule has 0 atom stereocenters. The number of esters is 1. The second-order valence-corrected chi connectivity index (χ2v) is 7.58. The van der Waals surface area contributed by atoms with Crippen molar-refractivity contribution in [3.05, 3.63) is 125 Å². The molecule has 180 valence electrons. The number of benzene rings is 4. The summed E-state index contributed by atoms with van der Waals surface area (Å²) in [6, 6.07) is 18.3. The fraction of sp³-hybridized carbons (Fsp3) is 0. The van der Waals surface area contributed by atoms with E-state index >= 15 is 0 Å². The quantitative estimate of drug-likeness (QED) is 0.140. The van der Waals surface area contributed by atoms with Crippen LogP contribution in [-0.2, 0) is 4.79 Å². The third kappa shape index (κ3) is 5.85. The fourth-order valence-electron chi connectivity index (χ4n) is 3.34. The summed E-state index contributed by atoms with van der Waals surface area (Å²) in [6.07, 6.45) is 2.67. The Morgan fingerprint density at radius 2 is 1.44 bits per heavy atom. The Balaban J connectivity index is 1.68. The summed E-state index contributed by atoms with van der Waals surface area (Å²) in [6.45, 7) is 0. The van der Waals surface area contributed by atoms with Gasteiger partial charge in [0.05, 0.1) is 11.3 Å². The summed E-state index contributed by atoms with van der Waals surface area (Å²) in [7, 11) is 0. The molecule has 4 aromatic rings. The van der Waals surface area contributed by atoms with Crippen molar-refractivity contribution in [1.29, 1.82) is 0 Å². The minimum atomic E-state index is -1.02. The SMILES string of the molecule is O=C(/C=C/c1ccccc1)Oc1ccc(-c2ccc(F)cc2F)cc1C(=O)Nc1ccc(F)cc1F. The molecule has 1 amide bonds. The number of halogens is 4. The van der Waals surface area contributed by atoms with Crippen molar-refractivity contribution in [3.63, 3.8) is 0 Å². The van der Waals surface area contributed by atoms with Crippen molar-refractivity contribution in [2.24, 2.45) is 0 Å². The molecule has 36 heavy (non-hydrogen) atoms. The number of hydrogen-bond donors (Lipinski definition) is 1. The van der Waals surface area contributed by atoms with Gasteiger partial charge < -0.3 is 10.1 Å². The van der Waals surface area contributed by atoms with E-state index in [9.17, 15) is 27.2 Å². The van der Waals surface area contributed by atoms with E-state index in [1.54, 1.807) is 24.3 Å². The molecule has 0 saturated heterocycles. The van der Waals surface area contributed by atoms with Crippen molar-refractivity contribution < 1.29 is 31.9 Å². The predicted molar refractivity (Wildman–Crippen MR) is 127 cm³/mol. The highest BCUT2D eigenvalue weighted by atomic mass is 19.1. The van der Waals surface area contributed by atoms with Crippen molar-refractivity contribution in [1.82, 2.24) is 0 Å². The van der Waals surface area contributed by atoms with Crippen LogP contribution in [0.2, 0.25) is 0 Å². The Bertz CT molecular complexity index is 1470. The number of anilines is 1. The summed E-state index contributed by atoms with van der Waals surface area (Å²) in [5.74, 6) is -5.41. The van der Waals surface area contributed by atoms with Crippen LogP contribution in [0.3, 0.4) is 0 Å². The topological polar surface area (TPSA) is 55.4 Å². The third-order valence-electron chi connectivity index (χ3n) is 5.07. The maximum atomic E-state index is 14.4. The molecule has 0 saturated carbocycles. The first-order chi connectivity index (χ1) is 17.3. The van der Waals surface area contributed by atoms with Crippen molar-refractivity contribution in [2.45, 2.75) is 0 Å². The van der Waals surface area contributed by atoms with Crippen LogP contribution in [0, 0.1) is 23.3 Å². The Labute approximate surface area is 203 Å². The van der Waals surface area contributed by atoms with Crippen LogP contribution in [0.4, 0.5) is 23.2 Å². The molecule has 0 unspecified atom stereocenters. The zero-order chi connectivity index (χ0) is 25.7. The zero-order valence-corrected chi connectivity index (χ0v) is 18.5. The van der Waals surface area contributed by atoms with Crippen LogP contribution in [-0.4, -0.2) is 11.9 Å². The monoisotopic (exact) mass is 491 g/mol. The van der Waals surface area contributed by atoms with Crippen molar-refractivity contribution >= 4 is 23.6 Å². The molecule has 0 aliphatic rings. The molecule has 0 aliphatic carbocycles. The number of amides is 1. The molecular weight excluding hydrogens is 474 g/mol. The van der Waals surface area contributed by atoms with Gasteiger partial charge in [0.2, 0.25) is 0 Å². The largest absolute Gasteiger partial charge is 0.423 e. The van der Waals surface area contributed by atoms with Crippen molar-refractivity contribution in [2.75, 3.05) is 5.32 Å². The molecular formula is C28H17F4NO3. The number of carbonyl (C=O) groups excluding carboxylic acids is 2. The molecule has 0 fully saturated rings. The average Bonchev–Trinajstić information content (AvgIpc) is 2.85. The number of hydrogen-bond acceptors (Lipinski definition) is 3. The van der Waals surface area contributed by atoms with E-state index in [1.165, 1.54) is 30.3 Å². The Kier molecular flexibility index (Phi) is 7.25. The van der Waals surface area contributed by atoms with E-state index in [2.05, 4.69) is 5.32 Å². The number of ether oxygens (including phenoxy) is 1. The number of rotatable bonds is 6. The van der Waals surface area contributed by atoms with Gasteiger partial charge in [0, 0.05) is 23.8 Å². The van der Waals surface area contributed by atoms with Gasteiger partial charge in [0.15, 0.2) is 0 Å². The standard InChI is InChI=1S/C28H17F4NO3/c29-19-8-10-21(23(31)15-19)18-7-12-26(36-27(34)13-6-17-4-2-1-3-5-17)22(14-18)28(35)33-25-11-9-20(30)16-24(25)32/h1-16H,(H,33,35)/b13-6+. The van der Waals surface area contributed by atoms with E-state index in [1.807, 2.05) is 6.07 Å². The summed E-state index contributed by atoms with van der Waals surface area (Å²) >= 11 is 0. The second-order valence-electron chi connectivity index (χ2n) is 7.58. The van der Waals surface area contributed by atoms with Gasteiger partial charge in [0.1, 0.15) is 29.0 Å². The fourth-order valence-corrected chi connectivity index (χ4v) is 3.34. The van der Waals surface area contributed by atoms with Gasteiger partial charge in [-0.05, 0) is 53.6 Å². The first-order valence-electron chi connectivity index (χ1n) is 10.6. The number of carbonyl (C=O) groups is 2. The molecule has 4 rings (SSSR count). The van der Waals surface area contributed by atoms with Crippen LogP contribution in [0.15, 0.2) is 91.0 Å². The van der Waals surface area contributed by atoms with Crippen LogP contribution in [0.1, 0.15) is 15.9 Å². The molecule has 0 heterocycles. The van der Waals surface area contributed by atoms with Gasteiger partial charge in [-0.3, -0.25) is 4.79 Å². The molecule has 0 aliphatic heterocycles. The molecule has 4 nitrogen and oxygen atoms in total. The average molecular weight is 491 g/mol. The lowest BCUT2D eigenvalue weighted by Gasteiger charge is -2.13. The van der Waals surface area contributed by atoms with E-state index in [0.717, 1.165) is 29.8 Å². The normalized spacial score (nSPS) is 10.9. The lowest BCUT2D eigenvalue weighted by molar-refractivity contribution is -0.128. The molecule has 4 aromatic carbocycles. The van der Waals surface area contributed by atoms with Crippen LogP contribution < -0.4 is 10.1 Å². The summed E-state index contributed by atoms with van der Waals surface area (Å²) in [5.41, 5.74) is 0.348. The first kappa shape index (κ1) is 24.4. The predicted octanol–water partition coefficient (Wildman–Crippen LogP) is 6.78. The third-order valence-corrected chi connectivity index (χ3v) is 5.07. The highest BCUT2D eigenvalue weighted by Crippen LogP contribution is 2.30. The highest BCUT2D eigenvalue weighted by Gasteiger charge is 2.19. The summed E-state index contributed by atoms with van der Waals surface area (Å²) in [5, 5.41) is 2.28. The van der Waals surface area contributed by atoms with E-state index in [0.29, 0.717) is 12.1 Å². The summed E-state index contributed by atoms with van der Waals surface area (Å²) < 4.78 is 60.4. The molecule has 0 radical (unpaired) electrons. The smallest absolute Gasteiger partial charge is 0.336 e. The molecule has 1 N–H and O–H groups in total. The minimum Gasteiger partial charge on any atom is -0.423 e. The van der Waals surface area contributed by atoms with Gasteiger partial charge in [-0.25, -0.2) is 22.4 Å². The van der Waals surface area contributed by atoms with Crippen LogP contribution in [0.25, 0.3) is 17.2 Å². The van der Waals surface area contributed by atoms with Crippen molar-refractivity contribution in [3.8, 4) is 16.9 Å². The molecule has 0 aromatic heterocycles. The van der Waals surface area contributed by atoms with Crippen LogP contribution in [0.5, 0.6) is 5.75 Å². The van der Waals surface area contributed by atoms with Gasteiger partial charge >= 0.3 is 5.97 Å². The van der Waals surface area contributed by atoms with Gasteiger partial charge in [0.25, 0.3) is 5.91 Å². The van der Waals surface area contributed by atoms with Gasteiger partial charge in [-0.2, -0.15) is 0 Å². The summed E-state index contributed by atoms with van der Waals surface area (Å²) in [4.78, 5) is 25.4. The Morgan fingerprint density at radius 3 is 2.14 bits per heavy atom. The molecule has 0 spiro atoms. The maximum Gasteiger partial charge on any atom is 0.336 e. The Morgan fingerprint density at radius 1 is 0.750 bits per heavy atom. The van der Waals surface area contributed by atoms with Gasteiger partial charge in [-0.15, -0.1) is 0 Å². The first-order valence-corrected chi connectivity index (χ1v) is 10.6. The molecule has 8 heteroatoms. The Hall–Kier alpha value is -4.72. The highest BCUT2D eigenvalue weighted by molar-refractivity contribution is 6.07. The molecule has 0 bridgehead atoms. The van der Waals surface area contributed by atoms with E-state index in [4.69, 9.17) is 4.74 Å². The van der Waals surface area contributed by atoms with Crippen LogP contribution >= 0.6 is 0 Å². The zero-order valence-electron chi connectivity index (χ0n) is 18.5. The van der Waals surface area contributed by atoms with E-state index in [-0.39, 0.29) is 28.1 Å². The van der Waals surface area contributed by atoms with E-state index < -0.39 is 35.1 Å². The number of nitrogens with one attached hydrogen (secondary N) is 1. The minimum absolute atomic E-state index is 0.0136. The van der Waals surface area contributed by atoms with Gasteiger partial charge in [-0.1, -0.05) is 36.4 Å². The lowest BCUT2D eigenvalue weighted by atomic mass is 10.0. The lowest BCUT2D eigenvalue weighted by Crippen LogP contribution is -2.16.